The lowest BCUT2D eigenvalue weighted by atomic mass is 10.4. The zero-order chi connectivity index (χ0) is 8.72. The Morgan fingerprint density at radius 3 is 3.17 bits per heavy atom. The molecule has 0 amide bonds. The molecule has 2 heterocycles. The van der Waals surface area contributed by atoms with Crippen molar-refractivity contribution in [1.82, 2.24) is 14.6 Å². The molecule has 0 saturated carbocycles. The quantitative estimate of drug-likeness (QED) is 0.632. The molecular weight excluding hydrogens is 177 g/mol. The number of aromatic amines is 1. The standard InChI is InChI=1S/C7H6FN3S/c1-4-2-9-6-5(8)7(12)10-11(6)3-4/h2-3H,1H3,(H,10,12). The molecule has 3 nitrogen and oxygen atoms in total. The lowest BCUT2D eigenvalue weighted by Gasteiger charge is -1.93. The fourth-order valence-corrected chi connectivity index (χ4v) is 1.22. The second-order valence-electron chi connectivity index (χ2n) is 2.58. The zero-order valence-electron chi connectivity index (χ0n) is 6.34. The Balaban J connectivity index is 2.96. The van der Waals surface area contributed by atoms with Gasteiger partial charge in [0, 0.05) is 12.4 Å². The number of nitrogens with one attached hydrogen (secondary N) is 1. The highest BCUT2D eigenvalue weighted by Crippen LogP contribution is 2.07. The molecule has 12 heavy (non-hydrogen) atoms. The second-order valence-corrected chi connectivity index (χ2v) is 2.99. The first-order chi connectivity index (χ1) is 5.68. The van der Waals surface area contributed by atoms with E-state index < -0.39 is 5.82 Å². The SMILES string of the molecule is Cc1cnc2c(F)c(=S)[nH]n2c1. The van der Waals surface area contributed by atoms with Crippen LogP contribution in [0.3, 0.4) is 0 Å². The summed E-state index contributed by atoms with van der Waals surface area (Å²) in [6.45, 7) is 1.88. The lowest BCUT2D eigenvalue weighted by Crippen LogP contribution is -1.90. The number of fused-ring (bicyclic) bond motifs is 1. The van der Waals surface area contributed by atoms with Gasteiger partial charge in [0.05, 0.1) is 0 Å². The summed E-state index contributed by atoms with van der Waals surface area (Å²) in [7, 11) is 0. The van der Waals surface area contributed by atoms with Crippen molar-refractivity contribution >= 4 is 17.9 Å². The van der Waals surface area contributed by atoms with Crippen LogP contribution < -0.4 is 0 Å². The number of hydrogen-bond acceptors (Lipinski definition) is 2. The molecule has 0 aliphatic rings. The van der Waals surface area contributed by atoms with Crippen molar-refractivity contribution in [1.29, 1.82) is 0 Å². The second kappa shape index (κ2) is 2.38. The van der Waals surface area contributed by atoms with Crippen LogP contribution in [0.15, 0.2) is 12.4 Å². The summed E-state index contributed by atoms with van der Waals surface area (Å²) in [6, 6.07) is 0. The molecule has 0 aromatic carbocycles. The van der Waals surface area contributed by atoms with E-state index in [2.05, 4.69) is 10.1 Å². The van der Waals surface area contributed by atoms with Gasteiger partial charge in [-0.2, -0.15) is 4.39 Å². The van der Waals surface area contributed by atoms with Gasteiger partial charge in [-0.1, -0.05) is 12.2 Å². The topological polar surface area (TPSA) is 33.1 Å². The molecule has 2 rings (SSSR count). The Hall–Kier alpha value is -1.23. The molecule has 0 aliphatic carbocycles. The van der Waals surface area contributed by atoms with E-state index in [0.717, 1.165) is 5.56 Å². The van der Waals surface area contributed by atoms with E-state index in [9.17, 15) is 4.39 Å². The van der Waals surface area contributed by atoms with Gasteiger partial charge < -0.3 is 0 Å². The molecular formula is C7H6FN3S. The van der Waals surface area contributed by atoms with Crippen molar-refractivity contribution < 1.29 is 4.39 Å². The maximum Gasteiger partial charge on any atom is 0.203 e. The first-order valence-electron chi connectivity index (χ1n) is 3.41. The first kappa shape index (κ1) is 7.42. The van der Waals surface area contributed by atoms with Gasteiger partial charge in [-0.05, 0) is 12.5 Å². The Morgan fingerprint density at radius 2 is 2.42 bits per heavy atom. The molecule has 0 spiro atoms. The summed E-state index contributed by atoms with van der Waals surface area (Å²) in [6.07, 6.45) is 3.34. The lowest BCUT2D eigenvalue weighted by molar-refractivity contribution is 0.632. The van der Waals surface area contributed by atoms with E-state index in [4.69, 9.17) is 12.2 Å². The first-order valence-corrected chi connectivity index (χ1v) is 3.82. The molecule has 0 aliphatic heterocycles. The Morgan fingerprint density at radius 1 is 1.67 bits per heavy atom. The van der Waals surface area contributed by atoms with Crippen LogP contribution >= 0.6 is 12.2 Å². The number of aromatic nitrogens is 3. The highest BCUT2D eigenvalue weighted by molar-refractivity contribution is 7.71. The third-order valence-electron chi connectivity index (χ3n) is 1.57. The van der Waals surface area contributed by atoms with Crippen LogP contribution in [0.25, 0.3) is 5.65 Å². The van der Waals surface area contributed by atoms with Crippen molar-refractivity contribution in [3.05, 3.63) is 28.4 Å². The Kier molecular flexibility index (Phi) is 1.47. The van der Waals surface area contributed by atoms with Gasteiger partial charge in [0.1, 0.15) is 0 Å². The van der Waals surface area contributed by atoms with Crippen LogP contribution in [0, 0.1) is 17.4 Å². The van der Waals surface area contributed by atoms with Crippen LogP contribution in [-0.4, -0.2) is 14.6 Å². The van der Waals surface area contributed by atoms with E-state index in [1.54, 1.807) is 12.4 Å². The maximum atomic E-state index is 13.1. The average Bonchev–Trinajstić information content (AvgIpc) is 2.28. The van der Waals surface area contributed by atoms with Gasteiger partial charge in [0.2, 0.25) is 5.82 Å². The van der Waals surface area contributed by atoms with Crippen LogP contribution in [0.4, 0.5) is 4.39 Å². The van der Waals surface area contributed by atoms with E-state index in [-0.39, 0.29) is 10.3 Å². The van der Waals surface area contributed by atoms with Crippen molar-refractivity contribution in [2.75, 3.05) is 0 Å². The predicted octanol–water partition coefficient (Wildman–Crippen LogP) is 1.84. The fraction of sp³-hybridized carbons (Fsp3) is 0.143. The van der Waals surface area contributed by atoms with Gasteiger partial charge in [0.25, 0.3) is 0 Å². The highest BCUT2D eigenvalue weighted by Gasteiger charge is 2.05. The molecule has 0 fully saturated rings. The summed E-state index contributed by atoms with van der Waals surface area (Å²) < 4.78 is 14.6. The van der Waals surface area contributed by atoms with Crippen LogP contribution in [0.1, 0.15) is 5.56 Å². The summed E-state index contributed by atoms with van der Waals surface area (Å²) >= 11 is 4.71. The number of hydrogen-bond donors (Lipinski definition) is 1. The van der Waals surface area contributed by atoms with E-state index in [0.29, 0.717) is 0 Å². The van der Waals surface area contributed by atoms with Crippen molar-refractivity contribution in [2.24, 2.45) is 0 Å². The number of rotatable bonds is 0. The van der Waals surface area contributed by atoms with Crippen molar-refractivity contribution in [3.8, 4) is 0 Å². The van der Waals surface area contributed by atoms with Gasteiger partial charge in [-0.3, -0.25) is 5.10 Å². The number of aryl methyl sites for hydroxylation is 1. The Bertz CT molecular complexity index is 485. The number of nitrogens with zero attached hydrogens (tertiary/aromatic N) is 2. The highest BCUT2D eigenvalue weighted by atomic mass is 32.1. The van der Waals surface area contributed by atoms with Crippen molar-refractivity contribution in [3.63, 3.8) is 0 Å². The van der Waals surface area contributed by atoms with E-state index >= 15 is 0 Å². The molecule has 5 heteroatoms. The van der Waals surface area contributed by atoms with Gasteiger partial charge in [0.15, 0.2) is 10.3 Å². The minimum atomic E-state index is -0.468. The van der Waals surface area contributed by atoms with Gasteiger partial charge in [-0.15, -0.1) is 0 Å². The minimum Gasteiger partial charge on any atom is -0.280 e. The summed E-state index contributed by atoms with van der Waals surface area (Å²) in [4.78, 5) is 3.89. The molecule has 0 radical (unpaired) electrons. The molecule has 0 bridgehead atoms. The number of H-pyrrole nitrogens is 1. The monoisotopic (exact) mass is 183 g/mol. The van der Waals surface area contributed by atoms with Gasteiger partial charge in [-0.25, -0.2) is 9.50 Å². The maximum absolute atomic E-state index is 13.1. The van der Waals surface area contributed by atoms with Gasteiger partial charge >= 0.3 is 0 Å². The third-order valence-corrected chi connectivity index (χ3v) is 1.84. The molecule has 2 aromatic rings. The zero-order valence-corrected chi connectivity index (χ0v) is 7.15. The van der Waals surface area contributed by atoms with Crippen LogP contribution in [0.2, 0.25) is 0 Å². The average molecular weight is 183 g/mol. The number of halogens is 1. The Labute approximate surface area is 72.8 Å². The molecule has 0 saturated heterocycles. The van der Waals surface area contributed by atoms with E-state index in [1.807, 2.05) is 6.92 Å². The minimum absolute atomic E-state index is 0.0908. The molecule has 1 N–H and O–H groups in total. The fourth-order valence-electron chi connectivity index (χ4n) is 1.03. The van der Waals surface area contributed by atoms with Crippen LogP contribution in [-0.2, 0) is 0 Å². The molecule has 0 unspecified atom stereocenters. The normalized spacial score (nSPS) is 10.8. The van der Waals surface area contributed by atoms with Crippen molar-refractivity contribution in [2.45, 2.75) is 6.92 Å². The van der Waals surface area contributed by atoms with Crippen LogP contribution in [0.5, 0.6) is 0 Å². The summed E-state index contributed by atoms with van der Waals surface area (Å²) in [5.74, 6) is -0.468. The molecule has 0 atom stereocenters. The third kappa shape index (κ3) is 0.937. The van der Waals surface area contributed by atoms with E-state index in [1.165, 1.54) is 4.52 Å². The largest absolute Gasteiger partial charge is 0.280 e. The summed E-state index contributed by atoms with van der Waals surface area (Å²) in [5.41, 5.74) is 1.19. The predicted molar refractivity (Wildman–Crippen MR) is 45.1 cm³/mol. The summed E-state index contributed by atoms with van der Waals surface area (Å²) in [5, 5.41) is 2.66. The molecule has 62 valence electrons. The molecule has 2 aromatic heterocycles. The smallest absolute Gasteiger partial charge is 0.203 e.